The van der Waals surface area contributed by atoms with Crippen molar-refractivity contribution in [3.63, 3.8) is 0 Å². The third-order valence-corrected chi connectivity index (χ3v) is 3.93. The molecule has 0 fully saturated rings. The lowest BCUT2D eigenvalue weighted by Gasteiger charge is -2.06. The first kappa shape index (κ1) is 13.8. The molecule has 0 heterocycles. The Morgan fingerprint density at radius 2 is 1.94 bits per heavy atom. The summed E-state index contributed by atoms with van der Waals surface area (Å²) in [6.07, 6.45) is 2.13. The van der Waals surface area contributed by atoms with Crippen molar-refractivity contribution in [3.05, 3.63) is 41.4 Å². The highest BCUT2D eigenvalue weighted by Crippen LogP contribution is 2.12. The summed E-state index contributed by atoms with van der Waals surface area (Å²) in [6.45, 7) is 4.68. The lowest BCUT2D eigenvalue weighted by molar-refractivity contribution is 0.603. The monoisotopic (exact) mass is 253 g/mol. The van der Waals surface area contributed by atoms with E-state index in [0.29, 0.717) is 10.6 Å². The van der Waals surface area contributed by atoms with Gasteiger partial charge in [-0.25, -0.2) is 8.42 Å². The van der Waals surface area contributed by atoms with Crippen molar-refractivity contribution in [1.29, 1.82) is 0 Å². The predicted octanol–water partition coefficient (Wildman–Crippen LogP) is 2.71. The highest BCUT2D eigenvalue weighted by Gasteiger charge is 2.10. The lowest BCUT2D eigenvalue weighted by atomic mass is 10.3. The Morgan fingerprint density at radius 1 is 1.29 bits per heavy atom. The Labute approximate surface area is 103 Å². The summed E-state index contributed by atoms with van der Waals surface area (Å²) in [6, 6.07) is 8.45. The Hall–Kier alpha value is -1.29. The Morgan fingerprint density at radius 3 is 2.53 bits per heavy atom. The zero-order valence-electron chi connectivity index (χ0n) is 10.3. The van der Waals surface area contributed by atoms with E-state index in [1.807, 2.05) is 0 Å². The van der Waals surface area contributed by atoms with Crippen molar-refractivity contribution in [2.24, 2.45) is 0 Å². The molecule has 0 aliphatic carbocycles. The van der Waals surface area contributed by atoms with Gasteiger partial charge < -0.3 is 5.32 Å². The zero-order chi connectivity index (χ0) is 12.7. The van der Waals surface area contributed by atoms with Gasteiger partial charge in [-0.2, -0.15) is 0 Å². The molecule has 0 spiro atoms. The van der Waals surface area contributed by atoms with Crippen LogP contribution in [0.2, 0.25) is 0 Å². The van der Waals surface area contributed by atoms with Gasteiger partial charge in [-0.1, -0.05) is 31.5 Å². The van der Waals surface area contributed by atoms with E-state index in [-0.39, 0.29) is 0 Å². The van der Waals surface area contributed by atoms with Gasteiger partial charge in [0.2, 0.25) is 9.84 Å². The van der Waals surface area contributed by atoms with Gasteiger partial charge in [0.25, 0.3) is 0 Å². The molecule has 4 heteroatoms. The SMILES string of the molecule is CCCCN/C(C)=C\S(=O)(=O)c1ccccc1. The van der Waals surface area contributed by atoms with Crippen LogP contribution in [0.15, 0.2) is 46.3 Å². The number of nitrogens with one attached hydrogen (secondary N) is 1. The first-order chi connectivity index (χ1) is 8.06. The van der Waals surface area contributed by atoms with Crippen LogP contribution in [0.5, 0.6) is 0 Å². The van der Waals surface area contributed by atoms with Crippen molar-refractivity contribution in [3.8, 4) is 0 Å². The van der Waals surface area contributed by atoms with Crippen LogP contribution in [-0.4, -0.2) is 15.0 Å². The zero-order valence-corrected chi connectivity index (χ0v) is 11.1. The number of unbranched alkanes of at least 4 members (excludes halogenated alkanes) is 1. The Bertz CT molecular complexity index is 463. The first-order valence-electron chi connectivity index (χ1n) is 5.78. The maximum Gasteiger partial charge on any atom is 0.201 e. The van der Waals surface area contributed by atoms with E-state index >= 15 is 0 Å². The van der Waals surface area contributed by atoms with Gasteiger partial charge >= 0.3 is 0 Å². The fourth-order valence-corrected chi connectivity index (χ4v) is 2.64. The number of rotatable bonds is 6. The second-order valence-electron chi connectivity index (χ2n) is 3.94. The van der Waals surface area contributed by atoms with E-state index in [1.165, 1.54) is 5.41 Å². The molecule has 0 aliphatic heterocycles. The number of hydrogen-bond acceptors (Lipinski definition) is 3. The summed E-state index contributed by atoms with van der Waals surface area (Å²) in [5, 5.41) is 4.38. The molecule has 1 aromatic rings. The summed E-state index contributed by atoms with van der Waals surface area (Å²) >= 11 is 0. The van der Waals surface area contributed by atoms with Gasteiger partial charge in [-0.05, 0) is 25.5 Å². The van der Waals surface area contributed by atoms with Crippen LogP contribution >= 0.6 is 0 Å². The van der Waals surface area contributed by atoms with Gasteiger partial charge in [0, 0.05) is 12.2 Å². The molecule has 1 N–H and O–H groups in total. The Balaban J connectivity index is 2.76. The van der Waals surface area contributed by atoms with E-state index in [0.717, 1.165) is 19.4 Å². The number of hydrogen-bond donors (Lipinski definition) is 1. The summed E-state index contributed by atoms with van der Waals surface area (Å²) in [7, 11) is -3.32. The lowest BCUT2D eigenvalue weighted by Crippen LogP contribution is -2.13. The minimum atomic E-state index is -3.32. The van der Waals surface area contributed by atoms with Crippen LogP contribution in [0.25, 0.3) is 0 Å². The van der Waals surface area contributed by atoms with E-state index < -0.39 is 9.84 Å². The van der Waals surface area contributed by atoms with Crippen LogP contribution < -0.4 is 5.32 Å². The van der Waals surface area contributed by atoms with E-state index in [4.69, 9.17) is 0 Å². The molecule has 0 unspecified atom stereocenters. The molecule has 94 valence electrons. The average molecular weight is 253 g/mol. The summed E-state index contributed by atoms with van der Waals surface area (Å²) in [5.41, 5.74) is 0.683. The van der Waals surface area contributed by atoms with Crippen LogP contribution in [-0.2, 0) is 9.84 Å². The van der Waals surface area contributed by atoms with Crippen molar-refractivity contribution in [2.45, 2.75) is 31.6 Å². The molecule has 0 bridgehead atoms. The minimum absolute atomic E-state index is 0.330. The van der Waals surface area contributed by atoms with Gasteiger partial charge in [0.05, 0.1) is 10.3 Å². The molecule has 0 aromatic heterocycles. The maximum atomic E-state index is 12.0. The second kappa shape index (κ2) is 6.45. The number of sulfone groups is 1. The smallest absolute Gasteiger partial charge is 0.201 e. The fourth-order valence-electron chi connectivity index (χ4n) is 1.41. The fraction of sp³-hybridized carbons (Fsp3) is 0.385. The predicted molar refractivity (Wildman–Crippen MR) is 70.3 cm³/mol. The molecule has 1 rings (SSSR count). The second-order valence-corrected chi connectivity index (χ2v) is 5.74. The maximum absolute atomic E-state index is 12.0. The molecule has 1 aromatic carbocycles. The van der Waals surface area contributed by atoms with Crippen molar-refractivity contribution >= 4 is 9.84 Å². The summed E-state index contributed by atoms with van der Waals surface area (Å²) in [4.78, 5) is 0.330. The standard InChI is InChI=1S/C13H19NO2S/c1-3-4-10-14-12(2)11-17(15,16)13-8-6-5-7-9-13/h5-9,11,14H,3-4,10H2,1-2H3/b12-11-. The third kappa shape index (κ3) is 4.61. The number of allylic oxidation sites excluding steroid dienone is 1. The normalized spacial score (nSPS) is 12.5. The van der Waals surface area contributed by atoms with Gasteiger partial charge in [0.15, 0.2) is 0 Å². The largest absolute Gasteiger partial charge is 0.388 e. The molecule has 3 nitrogen and oxygen atoms in total. The number of benzene rings is 1. The van der Waals surface area contributed by atoms with Crippen LogP contribution in [0, 0.1) is 0 Å². The third-order valence-electron chi connectivity index (χ3n) is 2.34. The van der Waals surface area contributed by atoms with Crippen molar-refractivity contribution < 1.29 is 8.42 Å². The van der Waals surface area contributed by atoms with E-state index in [1.54, 1.807) is 37.3 Å². The summed E-state index contributed by atoms with van der Waals surface area (Å²) in [5.74, 6) is 0. The topological polar surface area (TPSA) is 46.2 Å². The van der Waals surface area contributed by atoms with Crippen molar-refractivity contribution in [2.75, 3.05) is 6.54 Å². The van der Waals surface area contributed by atoms with Crippen molar-refractivity contribution in [1.82, 2.24) is 5.32 Å². The van der Waals surface area contributed by atoms with E-state index in [9.17, 15) is 8.42 Å². The molecule has 0 saturated carbocycles. The molecule has 0 atom stereocenters. The van der Waals surface area contributed by atoms with Crippen LogP contribution in [0.3, 0.4) is 0 Å². The molecule has 0 radical (unpaired) electrons. The molecular formula is C13H19NO2S. The molecule has 0 aliphatic rings. The minimum Gasteiger partial charge on any atom is -0.388 e. The average Bonchev–Trinajstić information content (AvgIpc) is 2.30. The van der Waals surface area contributed by atoms with E-state index in [2.05, 4.69) is 12.2 Å². The summed E-state index contributed by atoms with van der Waals surface area (Å²) < 4.78 is 23.9. The molecular weight excluding hydrogens is 234 g/mol. The van der Waals surface area contributed by atoms with Gasteiger partial charge in [0.1, 0.15) is 0 Å². The highest BCUT2D eigenvalue weighted by atomic mass is 32.2. The quantitative estimate of drug-likeness (QED) is 0.793. The van der Waals surface area contributed by atoms with Gasteiger partial charge in [-0.3, -0.25) is 0 Å². The first-order valence-corrected chi connectivity index (χ1v) is 7.33. The van der Waals surface area contributed by atoms with Crippen LogP contribution in [0.1, 0.15) is 26.7 Å². The highest BCUT2D eigenvalue weighted by molar-refractivity contribution is 7.94. The molecule has 0 amide bonds. The Kier molecular flexibility index (Phi) is 5.22. The molecule has 0 saturated heterocycles. The van der Waals surface area contributed by atoms with Crippen LogP contribution in [0.4, 0.5) is 0 Å². The molecule has 17 heavy (non-hydrogen) atoms. The van der Waals surface area contributed by atoms with Gasteiger partial charge in [-0.15, -0.1) is 0 Å².